The molecule has 4 aliphatic carbocycles. The van der Waals surface area contributed by atoms with Crippen molar-refractivity contribution in [3.05, 3.63) is 0 Å². The Kier molecular flexibility index (Phi) is 5.32. The summed E-state index contributed by atoms with van der Waals surface area (Å²) >= 11 is 0. The van der Waals surface area contributed by atoms with Crippen molar-refractivity contribution in [1.29, 1.82) is 0 Å². The molecule has 11 heteroatoms. The van der Waals surface area contributed by atoms with Gasteiger partial charge in [-0.1, -0.05) is 0 Å². The van der Waals surface area contributed by atoms with E-state index in [0.29, 0.717) is 18.8 Å². The summed E-state index contributed by atoms with van der Waals surface area (Å²) in [6.45, 7) is 2.42. The summed E-state index contributed by atoms with van der Waals surface area (Å²) in [6.07, 6.45) is 1.91. The molecule has 0 radical (unpaired) electrons. The highest BCUT2D eigenvalue weighted by molar-refractivity contribution is 7.87. The second kappa shape index (κ2) is 6.78. The first-order valence-corrected chi connectivity index (χ1v) is 11.1. The van der Waals surface area contributed by atoms with Gasteiger partial charge in [-0.3, -0.25) is 9.35 Å². The van der Waals surface area contributed by atoms with Crippen LogP contribution in [-0.4, -0.2) is 47.4 Å². The van der Waals surface area contributed by atoms with Crippen molar-refractivity contribution in [2.75, 3.05) is 6.61 Å². The van der Waals surface area contributed by atoms with E-state index in [-0.39, 0.29) is 17.3 Å². The lowest BCUT2D eigenvalue weighted by atomic mass is 9.43. The van der Waals surface area contributed by atoms with Gasteiger partial charge < -0.3 is 9.84 Å². The van der Waals surface area contributed by atoms with E-state index in [9.17, 15) is 35.9 Å². The van der Waals surface area contributed by atoms with E-state index in [1.54, 1.807) is 13.8 Å². The molecule has 0 saturated heterocycles. The van der Waals surface area contributed by atoms with Crippen LogP contribution in [0.4, 0.5) is 17.6 Å². The Balaban J connectivity index is 1.63. The standard InChI is InChI=1S/C18H26F4O6S/c1-15(2,24)16-7-10-5-11(8-16)13(12(6-10)9-16)14(23)28-4-3-17(19,20)18(21,22)29(25,26)27/h10-13,24H,3-9H2,1-2H3,(H,25,26,27). The number of carbonyl (C=O) groups excluding carboxylic acids is 1. The molecule has 4 saturated carbocycles. The molecule has 2 N–H and O–H groups in total. The van der Waals surface area contributed by atoms with E-state index in [0.717, 1.165) is 19.3 Å². The van der Waals surface area contributed by atoms with Crippen molar-refractivity contribution in [1.82, 2.24) is 0 Å². The van der Waals surface area contributed by atoms with E-state index in [2.05, 4.69) is 0 Å². The lowest BCUT2D eigenvalue weighted by molar-refractivity contribution is -0.200. The zero-order valence-corrected chi connectivity index (χ0v) is 17.0. The third kappa shape index (κ3) is 3.67. The molecule has 29 heavy (non-hydrogen) atoms. The molecule has 0 aromatic heterocycles. The zero-order chi connectivity index (χ0) is 22.0. The highest BCUT2D eigenvalue weighted by Gasteiger charge is 2.65. The van der Waals surface area contributed by atoms with Gasteiger partial charge in [0, 0.05) is 0 Å². The van der Waals surface area contributed by atoms with Crippen LogP contribution >= 0.6 is 0 Å². The molecule has 0 aliphatic heterocycles. The first-order valence-electron chi connectivity index (χ1n) is 9.62. The van der Waals surface area contributed by atoms with E-state index < -0.39 is 51.8 Å². The summed E-state index contributed by atoms with van der Waals surface area (Å²) in [5.74, 6) is -6.15. The van der Waals surface area contributed by atoms with Crippen LogP contribution in [-0.2, 0) is 19.6 Å². The Morgan fingerprint density at radius 2 is 1.62 bits per heavy atom. The highest BCUT2D eigenvalue weighted by atomic mass is 32.2. The molecule has 4 fully saturated rings. The van der Waals surface area contributed by atoms with Gasteiger partial charge in [-0.15, -0.1) is 0 Å². The van der Waals surface area contributed by atoms with Crippen molar-refractivity contribution in [3.63, 3.8) is 0 Å². The van der Waals surface area contributed by atoms with Gasteiger partial charge in [0.05, 0.1) is 24.5 Å². The SMILES string of the molecule is CC(C)(O)C12CC3CC(C1)C(C(=O)OCCC(F)(F)C(F)(F)S(=O)(=O)O)C(C3)C2. The first kappa shape index (κ1) is 22.7. The van der Waals surface area contributed by atoms with E-state index in [4.69, 9.17) is 9.29 Å². The molecule has 4 bridgehead atoms. The van der Waals surface area contributed by atoms with Crippen molar-refractivity contribution >= 4 is 16.1 Å². The smallest absolute Gasteiger partial charge is 0.431 e. The molecule has 0 spiro atoms. The minimum absolute atomic E-state index is 0.0695. The maximum absolute atomic E-state index is 13.6. The van der Waals surface area contributed by atoms with E-state index >= 15 is 0 Å². The summed E-state index contributed by atoms with van der Waals surface area (Å²) in [5, 5.41) is 4.97. The molecule has 4 aliphatic rings. The maximum atomic E-state index is 13.6. The minimum Gasteiger partial charge on any atom is -0.465 e. The second-order valence-corrected chi connectivity index (χ2v) is 10.9. The van der Waals surface area contributed by atoms with Crippen LogP contribution < -0.4 is 0 Å². The summed E-state index contributed by atoms with van der Waals surface area (Å²) in [6, 6.07) is 0. The first-order chi connectivity index (χ1) is 13.0. The number of halogens is 4. The Hall–Kier alpha value is -0.940. The fourth-order valence-corrected chi connectivity index (χ4v) is 6.35. The summed E-state index contributed by atoms with van der Waals surface area (Å²) in [4.78, 5) is 12.5. The van der Waals surface area contributed by atoms with Crippen LogP contribution in [0.5, 0.6) is 0 Å². The van der Waals surface area contributed by atoms with E-state index in [1.807, 2.05) is 0 Å². The Bertz CT molecular complexity index is 760. The number of esters is 1. The molecular formula is C18H26F4O6S. The molecule has 6 nitrogen and oxygen atoms in total. The number of ether oxygens (including phenoxy) is 1. The number of aliphatic hydroxyl groups is 1. The van der Waals surface area contributed by atoms with Crippen LogP contribution in [0.15, 0.2) is 0 Å². The van der Waals surface area contributed by atoms with Crippen molar-refractivity contribution in [2.24, 2.45) is 29.1 Å². The van der Waals surface area contributed by atoms with Crippen LogP contribution in [0.1, 0.15) is 52.4 Å². The molecule has 2 atom stereocenters. The van der Waals surface area contributed by atoms with E-state index in [1.165, 1.54) is 0 Å². The molecule has 0 amide bonds. The van der Waals surface area contributed by atoms with Crippen molar-refractivity contribution < 1.29 is 45.2 Å². The molecule has 168 valence electrons. The summed E-state index contributed by atoms with van der Waals surface area (Å²) in [7, 11) is -6.31. The molecule has 0 heterocycles. The highest BCUT2D eigenvalue weighted by Crippen LogP contribution is 2.65. The Morgan fingerprint density at radius 1 is 1.10 bits per heavy atom. The topological polar surface area (TPSA) is 101 Å². The second-order valence-electron chi connectivity index (χ2n) is 9.45. The largest absolute Gasteiger partial charge is 0.465 e. The van der Waals surface area contributed by atoms with Crippen LogP contribution in [0, 0.1) is 29.1 Å². The van der Waals surface area contributed by atoms with Gasteiger partial charge in [-0.05, 0) is 69.1 Å². The maximum Gasteiger partial charge on any atom is 0.431 e. The van der Waals surface area contributed by atoms with Crippen LogP contribution in [0.3, 0.4) is 0 Å². The molecule has 0 aromatic carbocycles. The van der Waals surface area contributed by atoms with Crippen molar-refractivity contribution in [3.8, 4) is 0 Å². The van der Waals surface area contributed by atoms with Crippen molar-refractivity contribution in [2.45, 2.75) is 69.2 Å². The fourth-order valence-electron chi connectivity index (χ4n) is 5.87. The number of hydrogen-bond acceptors (Lipinski definition) is 5. The number of alkyl halides is 4. The molecular weight excluding hydrogens is 420 g/mol. The molecule has 2 unspecified atom stereocenters. The van der Waals surface area contributed by atoms with Gasteiger partial charge in [0.15, 0.2) is 0 Å². The number of carbonyl (C=O) groups is 1. The Morgan fingerprint density at radius 3 is 2.07 bits per heavy atom. The van der Waals surface area contributed by atoms with Crippen LogP contribution in [0.25, 0.3) is 0 Å². The van der Waals surface area contributed by atoms with Gasteiger partial charge in [0.2, 0.25) is 0 Å². The normalized spacial score (nSPS) is 35.0. The molecule has 4 rings (SSSR count). The van der Waals surface area contributed by atoms with Gasteiger partial charge in [0.25, 0.3) is 0 Å². The average Bonchev–Trinajstić information content (AvgIpc) is 2.51. The lowest BCUT2D eigenvalue weighted by Gasteiger charge is -2.62. The van der Waals surface area contributed by atoms with Gasteiger partial charge in [-0.25, -0.2) is 0 Å². The predicted molar refractivity (Wildman–Crippen MR) is 92.8 cm³/mol. The lowest BCUT2D eigenvalue weighted by Crippen LogP contribution is -2.60. The quantitative estimate of drug-likeness (QED) is 0.354. The Labute approximate surface area is 166 Å². The predicted octanol–water partition coefficient (Wildman–Crippen LogP) is 3.25. The summed E-state index contributed by atoms with van der Waals surface area (Å²) in [5.41, 5.74) is -1.22. The van der Waals surface area contributed by atoms with Gasteiger partial charge >= 0.3 is 27.3 Å². The third-order valence-electron chi connectivity index (χ3n) is 7.25. The summed E-state index contributed by atoms with van der Waals surface area (Å²) < 4.78 is 87.8. The average molecular weight is 446 g/mol. The zero-order valence-electron chi connectivity index (χ0n) is 16.2. The fraction of sp³-hybridized carbons (Fsp3) is 0.944. The third-order valence-corrected chi connectivity index (χ3v) is 8.20. The minimum atomic E-state index is -6.31. The number of hydrogen-bond donors (Lipinski definition) is 2. The van der Waals surface area contributed by atoms with Crippen LogP contribution in [0.2, 0.25) is 0 Å². The number of rotatable bonds is 7. The monoisotopic (exact) mass is 446 g/mol. The van der Waals surface area contributed by atoms with Gasteiger partial charge in [0.1, 0.15) is 0 Å². The van der Waals surface area contributed by atoms with Gasteiger partial charge in [-0.2, -0.15) is 26.0 Å². The molecule has 0 aromatic rings.